The summed E-state index contributed by atoms with van der Waals surface area (Å²) < 4.78 is 10.7. The average molecular weight is 232 g/mol. The van der Waals surface area contributed by atoms with Crippen LogP contribution in [0.15, 0.2) is 0 Å². The van der Waals surface area contributed by atoms with Crippen molar-refractivity contribution in [2.24, 2.45) is 11.7 Å². The highest BCUT2D eigenvalue weighted by Crippen LogP contribution is 1.95. The predicted octanol–water partition coefficient (Wildman–Crippen LogP) is 0.956. The molecule has 0 amide bonds. The van der Waals surface area contributed by atoms with Crippen LogP contribution in [0.3, 0.4) is 0 Å². The first-order valence-electron chi connectivity index (χ1n) is 6.19. The van der Waals surface area contributed by atoms with Crippen molar-refractivity contribution >= 4 is 0 Å². The van der Waals surface area contributed by atoms with Crippen molar-refractivity contribution < 1.29 is 9.47 Å². The Labute approximate surface area is 100 Å². The average Bonchev–Trinajstić information content (AvgIpc) is 2.26. The lowest BCUT2D eigenvalue weighted by Crippen LogP contribution is -2.33. The highest BCUT2D eigenvalue weighted by Gasteiger charge is 2.04. The van der Waals surface area contributed by atoms with Crippen molar-refractivity contribution in [3.63, 3.8) is 0 Å². The second-order valence-electron chi connectivity index (χ2n) is 4.45. The molecule has 0 aromatic carbocycles. The number of methoxy groups -OCH3 is 1. The Morgan fingerprint density at radius 2 is 1.81 bits per heavy atom. The quantitative estimate of drug-likeness (QED) is 0.539. The smallest absolute Gasteiger partial charge is 0.0593 e. The fourth-order valence-electron chi connectivity index (χ4n) is 1.38. The number of nitrogens with two attached hydrogens (primary N) is 1. The van der Waals surface area contributed by atoms with Crippen molar-refractivity contribution in [3.8, 4) is 0 Å². The van der Waals surface area contributed by atoms with E-state index in [1.165, 1.54) is 0 Å². The Morgan fingerprint density at radius 1 is 1.12 bits per heavy atom. The van der Waals surface area contributed by atoms with Crippen LogP contribution in [0.1, 0.15) is 20.3 Å². The van der Waals surface area contributed by atoms with E-state index in [4.69, 9.17) is 15.2 Å². The van der Waals surface area contributed by atoms with E-state index >= 15 is 0 Å². The van der Waals surface area contributed by atoms with Crippen molar-refractivity contribution in [2.45, 2.75) is 20.3 Å². The highest BCUT2D eigenvalue weighted by molar-refractivity contribution is 4.57. The Balaban J connectivity index is 3.56. The fraction of sp³-hybridized carbons (Fsp3) is 1.00. The number of ether oxygens (including phenoxy) is 2. The zero-order chi connectivity index (χ0) is 12.2. The van der Waals surface area contributed by atoms with E-state index in [9.17, 15) is 0 Å². The van der Waals surface area contributed by atoms with Gasteiger partial charge in [0.05, 0.1) is 13.2 Å². The third-order valence-corrected chi connectivity index (χ3v) is 2.29. The predicted molar refractivity (Wildman–Crippen MR) is 67.6 cm³/mol. The SMILES string of the molecule is COCCN(CCCN)CCOCC(C)C. The second-order valence-corrected chi connectivity index (χ2v) is 4.45. The molecule has 0 aromatic heterocycles. The molecule has 98 valence electrons. The molecule has 4 nitrogen and oxygen atoms in total. The largest absolute Gasteiger partial charge is 0.383 e. The number of nitrogens with zero attached hydrogens (tertiary/aromatic N) is 1. The maximum Gasteiger partial charge on any atom is 0.0593 e. The molecule has 0 saturated heterocycles. The van der Waals surface area contributed by atoms with E-state index in [0.717, 1.165) is 52.4 Å². The Bertz CT molecular complexity index is 135. The first-order valence-corrected chi connectivity index (χ1v) is 6.19. The van der Waals surface area contributed by atoms with Crippen LogP contribution in [0.5, 0.6) is 0 Å². The van der Waals surface area contributed by atoms with Gasteiger partial charge in [-0.25, -0.2) is 0 Å². The lowest BCUT2D eigenvalue weighted by Gasteiger charge is -2.21. The van der Waals surface area contributed by atoms with E-state index < -0.39 is 0 Å². The van der Waals surface area contributed by atoms with Gasteiger partial charge in [0.15, 0.2) is 0 Å². The normalized spacial score (nSPS) is 11.6. The molecule has 0 aliphatic heterocycles. The van der Waals surface area contributed by atoms with Gasteiger partial charge < -0.3 is 15.2 Å². The number of hydrogen-bond acceptors (Lipinski definition) is 4. The van der Waals surface area contributed by atoms with Gasteiger partial charge in [-0.2, -0.15) is 0 Å². The molecule has 0 fully saturated rings. The van der Waals surface area contributed by atoms with Gasteiger partial charge in [-0.05, 0) is 25.4 Å². The Morgan fingerprint density at radius 3 is 2.38 bits per heavy atom. The van der Waals surface area contributed by atoms with Gasteiger partial charge in [-0.15, -0.1) is 0 Å². The summed E-state index contributed by atoms with van der Waals surface area (Å²) in [6.45, 7) is 10.4. The molecule has 0 saturated carbocycles. The molecular weight excluding hydrogens is 204 g/mol. The van der Waals surface area contributed by atoms with Crippen LogP contribution in [0, 0.1) is 5.92 Å². The summed E-state index contributed by atoms with van der Waals surface area (Å²) in [5.74, 6) is 0.608. The second kappa shape index (κ2) is 11.3. The number of rotatable bonds is 11. The standard InChI is InChI=1S/C12H28N2O2/c1-12(2)11-16-10-8-14(6-4-5-13)7-9-15-3/h12H,4-11,13H2,1-3H3. The van der Waals surface area contributed by atoms with Gasteiger partial charge in [0.25, 0.3) is 0 Å². The summed E-state index contributed by atoms with van der Waals surface area (Å²) in [6.07, 6.45) is 1.04. The summed E-state index contributed by atoms with van der Waals surface area (Å²) in [6, 6.07) is 0. The maximum absolute atomic E-state index is 5.57. The first kappa shape index (κ1) is 15.8. The van der Waals surface area contributed by atoms with E-state index in [1.54, 1.807) is 7.11 Å². The molecule has 0 bridgehead atoms. The first-order chi connectivity index (χ1) is 7.70. The Hall–Kier alpha value is -0.160. The summed E-state index contributed by atoms with van der Waals surface area (Å²) in [5, 5.41) is 0. The molecule has 0 heterocycles. The summed E-state index contributed by atoms with van der Waals surface area (Å²) in [5.41, 5.74) is 5.51. The minimum Gasteiger partial charge on any atom is -0.383 e. The van der Waals surface area contributed by atoms with Crippen LogP contribution < -0.4 is 5.73 Å². The van der Waals surface area contributed by atoms with Gasteiger partial charge in [-0.3, -0.25) is 4.90 Å². The zero-order valence-corrected chi connectivity index (χ0v) is 11.1. The third kappa shape index (κ3) is 10.4. The van der Waals surface area contributed by atoms with Gasteiger partial charge in [0.2, 0.25) is 0 Å². The zero-order valence-electron chi connectivity index (χ0n) is 11.1. The van der Waals surface area contributed by atoms with Gasteiger partial charge in [0.1, 0.15) is 0 Å². The molecule has 0 atom stereocenters. The van der Waals surface area contributed by atoms with E-state index in [1.807, 2.05) is 0 Å². The van der Waals surface area contributed by atoms with Gasteiger partial charge in [-0.1, -0.05) is 13.8 Å². The summed E-state index contributed by atoms with van der Waals surface area (Å²) in [7, 11) is 1.73. The van der Waals surface area contributed by atoms with Crippen molar-refractivity contribution in [1.82, 2.24) is 4.90 Å². The molecule has 0 unspecified atom stereocenters. The molecule has 0 spiro atoms. The monoisotopic (exact) mass is 232 g/mol. The molecule has 4 heteroatoms. The lowest BCUT2D eigenvalue weighted by molar-refractivity contribution is 0.0746. The van der Waals surface area contributed by atoms with E-state index in [-0.39, 0.29) is 0 Å². The van der Waals surface area contributed by atoms with Crippen LogP contribution in [-0.2, 0) is 9.47 Å². The van der Waals surface area contributed by atoms with Crippen LogP contribution in [0.4, 0.5) is 0 Å². The van der Waals surface area contributed by atoms with Crippen LogP contribution in [0.25, 0.3) is 0 Å². The summed E-state index contributed by atoms with van der Waals surface area (Å²) >= 11 is 0. The third-order valence-electron chi connectivity index (χ3n) is 2.29. The minimum absolute atomic E-state index is 0.608. The molecule has 0 aromatic rings. The molecule has 0 aliphatic rings. The van der Waals surface area contributed by atoms with Crippen molar-refractivity contribution in [3.05, 3.63) is 0 Å². The molecular formula is C12H28N2O2. The maximum atomic E-state index is 5.57. The van der Waals surface area contributed by atoms with Crippen LogP contribution in [0.2, 0.25) is 0 Å². The van der Waals surface area contributed by atoms with Gasteiger partial charge >= 0.3 is 0 Å². The Kier molecular flexibility index (Phi) is 11.2. The minimum atomic E-state index is 0.608. The van der Waals surface area contributed by atoms with Crippen molar-refractivity contribution in [2.75, 3.05) is 53.1 Å². The molecule has 0 radical (unpaired) electrons. The van der Waals surface area contributed by atoms with E-state index in [2.05, 4.69) is 18.7 Å². The molecule has 2 N–H and O–H groups in total. The van der Waals surface area contributed by atoms with Crippen LogP contribution >= 0.6 is 0 Å². The molecule has 16 heavy (non-hydrogen) atoms. The fourth-order valence-corrected chi connectivity index (χ4v) is 1.38. The topological polar surface area (TPSA) is 47.7 Å². The van der Waals surface area contributed by atoms with Crippen molar-refractivity contribution in [1.29, 1.82) is 0 Å². The summed E-state index contributed by atoms with van der Waals surface area (Å²) in [4.78, 5) is 2.34. The highest BCUT2D eigenvalue weighted by atomic mass is 16.5. The lowest BCUT2D eigenvalue weighted by atomic mass is 10.2. The molecule has 0 aliphatic carbocycles. The number of hydrogen-bond donors (Lipinski definition) is 1. The van der Waals surface area contributed by atoms with Gasteiger partial charge in [0, 0.05) is 26.8 Å². The van der Waals surface area contributed by atoms with E-state index in [0.29, 0.717) is 5.92 Å². The van der Waals surface area contributed by atoms with Crippen LogP contribution in [-0.4, -0.2) is 58.0 Å². The molecule has 0 rings (SSSR count).